The van der Waals surface area contributed by atoms with E-state index in [2.05, 4.69) is 24.3 Å². The molecule has 6 aromatic rings. The molecule has 2 aliphatic rings. The molecular formula is C37H30N4O3. The Morgan fingerprint density at radius 2 is 1.34 bits per heavy atom. The van der Waals surface area contributed by atoms with Crippen LogP contribution in [-0.4, -0.2) is 34.9 Å². The summed E-state index contributed by atoms with van der Waals surface area (Å²) in [7, 11) is 3.30. The first-order valence-electron chi connectivity index (χ1n) is 14.8. The average Bonchev–Trinajstić information content (AvgIpc) is 3.80. The summed E-state index contributed by atoms with van der Waals surface area (Å²) in [6, 6.07) is 35.4. The van der Waals surface area contributed by atoms with Gasteiger partial charge in [-0.25, -0.2) is 9.67 Å². The predicted molar refractivity (Wildman–Crippen MR) is 171 cm³/mol. The normalized spacial score (nSPS) is 15.9. The van der Waals surface area contributed by atoms with Gasteiger partial charge in [0.15, 0.2) is 5.65 Å². The van der Waals surface area contributed by atoms with Crippen molar-refractivity contribution in [3.63, 3.8) is 0 Å². The van der Waals surface area contributed by atoms with Crippen molar-refractivity contribution in [1.29, 1.82) is 0 Å². The molecule has 0 saturated heterocycles. The van der Waals surface area contributed by atoms with Gasteiger partial charge in [-0.1, -0.05) is 60.7 Å². The van der Waals surface area contributed by atoms with E-state index in [9.17, 15) is 4.79 Å². The maximum Gasteiger partial charge on any atom is 0.261 e. The quantitative estimate of drug-likeness (QED) is 0.194. The monoisotopic (exact) mass is 578 g/mol. The maximum atomic E-state index is 14.9. The number of pyridine rings is 1. The number of aromatic nitrogens is 3. The van der Waals surface area contributed by atoms with Crippen LogP contribution in [-0.2, 0) is 0 Å². The average molecular weight is 579 g/mol. The van der Waals surface area contributed by atoms with E-state index in [1.54, 1.807) is 14.2 Å². The zero-order valence-electron chi connectivity index (χ0n) is 24.5. The Balaban J connectivity index is 1.48. The number of ether oxygens (including phenoxy) is 2. The Morgan fingerprint density at radius 3 is 1.95 bits per heavy atom. The standard InChI is InChI=1S/C37H30N4O3/c1-43-28-19-15-25(16-20-28)35-30-31-34(24-13-14-24)39-41(27-11-7-4-8-12-27)36(31)38-33(23-9-5-3-6-10-23)32(30)37(42)40(35)26-17-21-29(44-2)22-18-26/h3-12,15-22,24,35H,13-14H2,1-2H3. The van der Waals surface area contributed by atoms with Crippen LogP contribution in [0.25, 0.3) is 28.0 Å². The Hall–Kier alpha value is -5.43. The third-order valence-corrected chi connectivity index (χ3v) is 8.64. The first-order valence-corrected chi connectivity index (χ1v) is 14.8. The molecule has 1 amide bonds. The first-order chi connectivity index (χ1) is 21.7. The van der Waals surface area contributed by atoms with Crippen molar-refractivity contribution in [3.8, 4) is 28.4 Å². The Kier molecular flexibility index (Phi) is 6.19. The number of nitrogens with zero attached hydrogens (tertiary/aromatic N) is 4. The van der Waals surface area contributed by atoms with Crippen molar-refractivity contribution >= 4 is 22.6 Å². The van der Waals surface area contributed by atoms with E-state index in [0.717, 1.165) is 69.1 Å². The highest BCUT2D eigenvalue weighted by atomic mass is 16.5. The lowest BCUT2D eigenvalue weighted by Gasteiger charge is -2.26. The minimum atomic E-state index is -0.407. The van der Waals surface area contributed by atoms with Gasteiger partial charge in [-0.05, 0) is 66.9 Å². The highest BCUT2D eigenvalue weighted by Gasteiger charge is 2.45. The summed E-state index contributed by atoms with van der Waals surface area (Å²) in [5.41, 5.74) is 7.59. The van der Waals surface area contributed by atoms with Gasteiger partial charge < -0.3 is 9.47 Å². The zero-order chi connectivity index (χ0) is 29.8. The number of carbonyl (C=O) groups is 1. The summed E-state index contributed by atoms with van der Waals surface area (Å²) in [6.07, 6.45) is 2.14. The number of anilines is 1. The van der Waals surface area contributed by atoms with Gasteiger partial charge >= 0.3 is 0 Å². The molecule has 2 aromatic heterocycles. The number of benzene rings is 4. The molecule has 1 aliphatic carbocycles. The Morgan fingerprint density at radius 1 is 0.727 bits per heavy atom. The smallest absolute Gasteiger partial charge is 0.261 e. The molecule has 7 nitrogen and oxygen atoms in total. The highest BCUT2D eigenvalue weighted by molar-refractivity contribution is 6.18. The summed E-state index contributed by atoms with van der Waals surface area (Å²) >= 11 is 0. The van der Waals surface area contributed by atoms with Gasteiger partial charge in [0.1, 0.15) is 11.5 Å². The molecule has 3 heterocycles. The molecule has 1 unspecified atom stereocenters. The maximum absolute atomic E-state index is 14.9. The fraction of sp³-hybridized carbons (Fsp3) is 0.162. The molecule has 1 fully saturated rings. The Bertz CT molecular complexity index is 2000. The van der Waals surface area contributed by atoms with E-state index < -0.39 is 6.04 Å². The lowest BCUT2D eigenvalue weighted by atomic mass is 9.91. The van der Waals surface area contributed by atoms with E-state index in [4.69, 9.17) is 19.6 Å². The number of amides is 1. The van der Waals surface area contributed by atoms with Crippen LogP contribution in [0.3, 0.4) is 0 Å². The van der Waals surface area contributed by atoms with Gasteiger partial charge in [-0.15, -0.1) is 0 Å². The van der Waals surface area contributed by atoms with E-state index >= 15 is 0 Å². The van der Waals surface area contributed by atoms with Gasteiger partial charge in [0, 0.05) is 28.1 Å². The second kappa shape index (κ2) is 10.4. The molecule has 1 atom stereocenters. The van der Waals surface area contributed by atoms with E-state index in [1.807, 2.05) is 94.5 Å². The molecule has 44 heavy (non-hydrogen) atoms. The van der Waals surface area contributed by atoms with Crippen LogP contribution < -0.4 is 14.4 Å². The van der Waals surface area contributed by atoms with E-state index in [1.165, 1.54) is 0 Å². The number of para-hydroxylation sites is 1. The zero-order valence-corrected chi connectivity index (χ0v) is 24.5. The van der Waals surface area contributed by atoms with Crippen LogP contribution in [0.5, 0.6) is 11.5 Å². The van der Waals surface area contributed by atoms with Crippen molar-refractivity contribution in [3.05, 3.63) is 132 Å². The minimum Gasteiger partial charge on any atom is -0.497 e. The molecule has 0 spiro atoms. The van der Waals surface area contributed by atoms with Gasteiger partial charge in [0.25, 0.3) is 5.91 Å². The molecule has 1 saturated carbocycles. The van der Waals surface area contributed by atoms with Crippen LogP contribution in [0.2, 0.25) is 0 Å². The fourth-order valence-electron chi connectivity index (χ4n) is 6.37. The van der Waals surface area contributed by atoms with Gasteiger partial charge in [-0.3, -0.25) is 9.69 Å². The third-order valence-electron chi connectivity index (χ3n) is 8.64. The van der Waals surface area contributed by atoms with Crippen molar-refractivity contribution < 1.29 is 14.3 Å². The van der Waals surface area contributed by atoms with E-state index in [-0.39, 0.29) is 5.91 Å². The summed E-state index contributed by atoms with van der Waals surface area (Å²) in [5.74, 6) is 1.73. The molecule has 0 radical (unpaired) electrons. The highest BCUT2D eigenvalue weighted by Crippen LogP contribution is 2.52. The molecular weight excluding hydrogens is 548 g/mol. The molecule has 4 aromatic carbocycles. The number of carbonyl (C=O) groups excluding carboxylic acids is 1. The van der Waals surface area contributed by atoms with Crippen molar-refractivity contribution in [2.24, 2.45) is 0 Å². The van der Waals surface area contributed by atoms with E-state index in [0.29, 0.717) is 17.2 Å². The summed E-state index contributed by atoms with van der Waals surface area (Å²) in [5, 5.41) is 6.19. The predicted octanol–water partition coefficient (Wildman–Crippen LogP) is 7.73. The number of fused-ring (bicyclic) bond motifs is 3. The van der Waals surface area contributed by atoms with Crippen LogP contribution >= 0.6 is 0 Å². The van der Waals surface area contributed by atoms with Gasteiger partial charge in [0.05, 0.1) is 42.9 Å². The molecule has 7 heteroatoms. The SMILES string of the molecule is COc1ccc(C2c3c(c(-c4ccccc4)nc4c3c(C3CC3)nn4-c3ccccc3)C(=O)N2c2ccc(OC)cc2)cc1. The van der Waals surface area contributed by atoms with Crippen LogP contribution in [0.1, 0.15) is 52.0 Å². The summed E-state index contributed by atoms with van der Waals surface area (Å²) in [4.78, 5) is 22.1. The molecule has 1 aliphatic heterocycles. The van der Waals surface area contributed by atoms with Gasteiger partial charge in [0.2, 0.25) is 0 Å². The molecule has 8 rings (SSSR count). The summed E-state index contributed by atoms with van der Waals surface area (Å²) < 4.78 is 12.9. The number of hydrogen-bond acceptors (Lipinski definition) is 5. The second-order valence-corrected chi connectivity index (χ2v) is 11.3. The second-order valence-electron chi connectivity index (χ2n) is 11.3. The first kappa shape index (κ1) is 26.2. The fourth-order valence-corrected chi connectivity index (χ4v) is 6.37. The largest absolute Gasteiger partial charge is 0.497 e. The number of hydrogen-bond donors (Lipinski definition) is 0. The Labute approximate surface area is 255 Å². The summed E-state index contributed by atoms with van der Waals surface area (Å²) in [6.45, 7) is 0. The third kappa shape index (κ3) is 4.15. The lowest BCUT2D eigenvalue weighted by Crippen LogP contribution is -2.28. The van der Waals surface area contributed by atoms with Crippen molar-refractivity contribution in [1.82, 2.24) is 14.8 Å². The van der Waals surface area contributed by atoms with Crippen LogP contribution in [0.15, 0.2) is 109 Å². The van der Waals surface area contributed by atoms with Crippen molar-refractivity contribution in [2.45, 2.75) is 24.8 Å². The molecule has 216 valence electrons. The van der Waals surface area contributed by atoms with Crippen molar-refractivity contribution in [2.75, 3.05) is 19.1 Å². The van der Waals surface area contributed by atoms with Gasteiger partial charge in [-0.2, -0.15) is 5.10 Å². The topological polar surface area (TPSA) is 69.5 Å². The van der Waals surface area contributed by atoms with Crippen LogP contribution in [0.4, 0.5) is 5.69 Å². The molecule has 0 bridgehead atoms. The molecule has 0 N–H and O–H groups in total. The lowest BCUT2D eigenvalue weighted by molar-refractivity contribution is 0.0994. The number of methoxy groups -OCH3 is 2. The number of rotatable bonds is 7. The minimum absolute atomic E-state index is 0.0894. The van der Waals surface area contributed by atoms with Crippen LogP contribution in [0, 0.1) is 0 Å².